The van der Waals surface area contributed by atoms with Crippen LogP contribution in [0.15, 0.2) is 29.8 Å². The predicted molar refractivity (Wildman–Crippen MR) is 120 cm³/mol. The number of carbonyl (C=O) groups is 1. The largest absolute Gasteiger partial charge is 0.385 e. The molecule has 7 nitrogen and oxygen atoms in total. The van der Waals surface area contributed by atoms with E-state index in [1.807, 2.05) is 23.6 Å². The standard InChI is InChI=1S/C22H27N5O2S/c1-29-14-8-5-11-24-21(28)16-15-30-22-18(16)20(27-12-6-2-7-13-27)25-19(26-22)17-9-3-4-10-23-17/h3-4,9-10,15H,2,5-8,11-14H2,1H3,(H,24,28). The molecule has 0 atom stereocenters. The van der Waals surface area contributed by atoms with E-state index in [0.29, 0.717) is 24.5 Å². The molecule has 0 bridgehead atoms. The fourth-order valence-electron chi connectivity index (χ4n) is 3.70. The average molecular weight is 426 g/mol. The van der Waals surface area contributed by atoms with Gasteiger partial charge in [-0.1, -0.05) is 6.07 Å². The van der Waals surface area contributed by atoms with Crippen LogP contribution < -0.4 is 10.2 Å². The summed E-state index contributed by atoms with van der Waals surface area (Å²) in [5.41, 5.74) is 1.41. The van der Waals surface area contributed by atoms with Gasteiger partial charge in [0.15, 0.2) is 5.82 Å². The monoisotopic (exact) mass is 425 g/mol. The first kappa shape index (κ1) is 20.7. The number of carbonyl (C=O) groups excluding carboxylic acids is 1. The van der Waals surface area contributed by atoms with Crippen LogP contribution in [0.3, 0.4) is 0 Å². The number of fused-ring (bicyclic) bond motifs is 1. The molecule has 1 fully saturated rings. The van der Waals surface area contributed by atoms with E-state index in [1.165, 1.54) is 17.8 Å². The number of piperidine rings is 1. The number of aromatic nitrogens is 3. The first-order chi connectivity index (χ1) is 14.8. The molecule has 1 aliphatic rings. The summed E-state index contributed by atoms with van der Waals surface area (Å²) in [6, 6.07) is 5.74. The van der Waals surface area contributed by atoms with Gasteiger partial charge in [-0.2, -0.15) is 0 Å². The normalized spacial score (nSPS) is 14.2. The zero-order chi connectivity index (χ0) is 20.8. The molecule has 1 aliphatic heterocycles. The van der Waals surface area contributed by atoms with Crippen LogP contribution in [0, 0.1) is 0 Å². The maximum atomic E-state index is 12.9. The summed E-state index contributed by atoms with van der Waals surface area (Å²) < 4.78 is 5.07. The van der Waals surface area contributed by atoms with Crippen molar-refractivity contribution in [3.63, 3.8) is 0 Å². The Kier molecular flexibility index (Phi) is 6.86. The van der Waals surface area contributed by atoms with Gasteiger partial charge in [0.05, 0.1) is 10.9 Å². The van der Waals surface area contributed by atoms with Crippen molar-refractivity contribution in [3.05, 3.63) is 35.3 Å². The van der Waals surface area contributed by atoms with Gasteiger partial charge >= 0.3 is 0 Å². The van der Waals surface area contributed by atoms with Crippen LogP contribution in [0.4, 0.5) is 5.82 Å². The Bertz CT molecular complexity index is 986. The molecular weight excluding hydrogens is 398 g/mol. The summed E-state index contributed by atoms with van der Waals surface area (Å²) in [4.78, 5) is 30.1. The Hall–Kier alpha value is -2.58. The highest BCUT2D eigenvalue weighted by Crippen LogP contribution is 2.35. The molecular formula is C22H27N5O2S. The second-order valence-electron chi connectivity index (χ2n) is 7.42. The minimum Gasteiger partial charge on any atom is -0.385 e. The number of hydrogen-bond donors (Lipinski definition) is 1. The molecule has 4 heterocycles. The molecule has 4 rings (SSSR count). The van der Waals surface area contributed by atoms with Crippen molar-refractivity contribution in [1.82, 2.24) is 20.3 Å². The number of hydrogen-bond acceptors (Lipinski definition) is 7. The lowest BCUT2D eigenvalue weighted by Gasteiger charge is -2.28. The lowest BCUT2D eigenvalue weighted by Crippen LogP contribution is -2.31. The van der Waals surface area contributed by atoms with Crippen LogP contribution in [-0.2, 0) is 4.74 Å². The highest BCUT2D eigenvalue weighted by Gasteiger charge is 2.23. The van der Waals surface area contributed by atoms with Crippen molar-refractivity contribution in [2.75, 3.05) is 38.3 Å². The van der Waals surface area contributed by atoms with Gasteiger partial charge in [-0.05, 0) is 44.2 Å². The minimum atomic E-state index is -0.0638. The van der Waals surface area contributed by atoms with Gasteiger partial charge in [-0.25, -0.2) is 9.97 Å². The quantitative estimate of drug-likeness (QED) is 0.552. The average Bonchev–Trinajstić information content (AvgIpc) is 3.23. The molecule has 0 radical (unpaired) electrons. The van der Waals surface area contributed by atoms with E-state index < -0.39 is 0 Å². The zero-order valence-corrected chi connectivity index (χ0v) is 18.1. The van der Waals surface area contributed by atoms with Crippen LogP contribution in [0.1, 0.15) is 42.5 Å². The maximum Gasteiger partial charge on any atom is 0.252 e. The van der Waals surface area contributed by atoms with Crippen molar-refractivity contribution in [3.8, 4) is 11.5 Å². The Morgan fingerprint density at radius 2 is 2.07 bits per heavy atom. The fraction of sp³-hybridized carbons (Fsp3) is 0.455. The number of nitrogens with one attached hydrogen (secondary N) is 1. The van der Waals surface area contributed by atoms with Gasteiger partial charge in [0.2, 0.25) is 0 Å². The molecule has 0 saturated carbocycles. The summed E-state index contributed by atoms with van der Waals surface area (Å²) in [6.07, 6.45) is 7.07. The minimum absolute atomic E-state index is 0.0638. The summed E-state index contributed by atoms with van der Waals surface area (Å²) in [7, 11) is 1.69. The Balaban J connectivity index is 1.68. The number of methoxy groups -OCH3 is 1. The molecule has 0 aromatic carbocycles. The number of rotatable bonds is 8. The number of nitrogens with zero attached hydrogens (tertiary/aromatic N) is 4. The smallest absolute Gasteiger partial charge is 0.252 e. The van der Waals surface area contributed by atoms with E-state index in [0.717, 1.165) is 60.5 Å². The molecule has 0 aliphatic carbocycles. The highest BCUT2D eigenvalue weighted by atomic mass is 32.1. The van der Waals surface area contributed by atoms with Crippen molar-refractivity contribution in [2.45, 2.75) is 32.1 Å². The maximum absolute atomic E-state index is 12.9. The molecule has 0 unspecified atom stereocenters. The Morgan fingerprint density at radius 3 is 2.83 bits per heavy atom. The van der Waals surface area contributed by atoms with Crippen molar-refractivity contribution in [2.24, 2.45) is 0 Å². The van der Waals surface area contributed by atoms with Crippen LogP contribution in [-0.4, -0.2) is 54.2 Å². The van der Waals surface area contributed by atoms with Crippen molar-refractivity contribution in [1.29, 1.82) is 0 Å². The number of ether oxygens (including phenoxy) is 1. The van der Waals surface area contributed by atoms with Gasteiger partial charge in [0.1, 0.15) is 16.3 Å². The topological polar surface area (TPSA) is 80.2 Å². The number of amides is 1. The molecule has 0 spiro atoms. The number of anilines is 1. The predicted octanol–water partition coefficient (Wildman–Crippen LogP) is 3.90. The third kappa shape index (κ3) is 4.60. The molecule has 30 heavy (non-hydrogen) atoms. The zero-order valence-electron chi connectivity index (χ0n) is 17.3. The van der Waals surface area contributed by atoms with E-state index in [4.69, 9.17) is 14.7 Å². The molecule has 3 aromatic heterocycles. The lowest BCUT2D eigenvalue weighted by atomic mass is 10.1. The third-order valence-electron chi connectivity index (χ3n) is 5.27. The molecule has 1 amide bonds. The highest BCUT2D eigenvalue weighted by molar-refractivity contribution is 7.17. The third-order valence-corrected chi connectivity index (χ3v) is 6.14. The van der Waals surface area contributed by atoms with Crippen LogP contribution in [0.2, 0.25) is 0 Å². The van der Waals surface area contributed by atoms with E-state index in [1.54, 1.807) is 13.3 Å². The molecule has 1 saturated heterocycles. The number of unbranched alkanes of at least 4 members (excludes halogenated alkanes) is 1. The van der Waals surface area contributed by atoms with Crippen LogP contribution >= 0.6 is 11.3 Å². The summed E-state index contributed by atoms with van der Waals surface area (Å²) >= 11 is 1.49. The Labute approximate surface area is 180 Å². The van der Waals surface area contributed by atoms with Gasteiger partial charge in [-0.3, -0.25) is 9.78 Å². The molecule has 1 N–H and O–H groups in total. The Morgan fingerprint density at radius 1 is 1.20 bits per heavy atom. The number of pyridine rings is 1. The first-order valence-corrected chi connectivity index (χ1v) is 11.4. The lowest BCUT2D eigenvalue weighted by molar-refractivity contribution is 0.0953. The van der Waals surface area contributed by atoms with Gasteiger partial charge in [0.25, 0.3) is 5.91 Å². The second-order valence-corrected chi connectivity index (χ2v) is 8.28. The molecule has 158 valence electrons. The van der Waals surface area contributed by atoms with E-state index in [-0.39, 0.29) is 5.91 Å². The second kappa shape index (κ2) is 9.95. The van der Waals surface area contributed by atoms with Gasteiger partial charge < -0.3 is 15.0 Å². The van der Waals surface area contributed by atoms with Crippen molar-refractivity contribution < 1.29 is 9.53 Å². The molecule has 3 aromatic rings. The summed E-state index contributed by atoms with van der Waals surface area (Å²) in [5, 5.41) is 5.80. The van der Waals surface area contributed by atoms with E-state index in [2.05, 4.69) is 15.2 Å². The van der Waals surface area contributed by atoms with Crippen LogP contribution in [0.25, 0.3) is 21.7 Å². The van der Waals surface area contributed by atoms with Crippen LogP contribution in [0.5, 0.6) is 0 Å². The van der Waals surface area contributed by atoms with Gasteiger partial charge in [0, 0.05) is 44.9 Å². The van der Waals surface area contributed by atoms with Gasteiger partial charge in [-0.15, -0.1) is 11.3 Å². The number of thiophene rings is 1. The van der Waals surface area contributed by atoms with E-state index >= 15 is 0 Å². The summed E-state index contributed by atoms with van der Waals surface area (Å²) in [5.74, 6) is 1.40. The SMILES string of the molecule is COCCCCNC(=O)c1csc2nc(-c3ccccn3)nc(N3CCCCC3)c12. The summed E-state index contributed by atoms with van der Waals surface area (Å²) in [6.45, 7) is 3.23. The first-order valence-electron chi connectivity index (χ1n) is 10.5. The molecule has 8 heteroatoms. The van der Waals surface area contributed by atoms with E-state index in [9.17, 15) is 4.79 Å². The fourth-order valence-corrected chi connectivity index (χ4v) is 4.62. The van der Waals surface area contributed by atoms with Crippen molar-refractivity contribution >= 4 is 33.3 Å².